The molecule has 1 aromatic rings. The predicted molar refractivity (Wildman–Crippen MR) is 88.7 cm³/mol. The van der Waals surface area contributed by atoms with Crippen LogP contribution in [0.25, 0.3) is 0 Å². The van der Waals surface area contributed by atoms with Crippen LogP contribution in [0.5, 0.6) is 0 Å². The van der Waals surface area contributed by atoms with Gasteiger partial charge in [0, 0.05) is 0 Å². The molecule has 0 unspecified atom stereocenters. The molecule has 5 atom stereocenters. The number of unbranched alkanes of at least 4 members (excludes halogenated alkanes) is 2. The minimum absolute atomic E-state index is 0.191. The second kappa shape index (κ2) is 9.06. The van der Waals surface area contributed by atoms with Crippen LogP contribution >= 0.6 is 0 Å². The molecule has 0 bridgehead atoms. The van der Waals surface area contributed by atoms with Gasteiger partial charge < -0.3 is 25.4 Å². The number of carbonyl (C=O) groups excluding carboxylic acids is 2. The van der Waals surface area contributed by atoms with Gasteiger partial charge in [-0.2, -0.15) is 0 Å². The van der Waals surface area contributed by atoms with Crippen LogP contribution in [0.2, 0.25) is 0 Å². The number of carbonyl (C=O) groups is 2. The summed E-state index contributed by atoms with van der Waals surface area (Å²) in [6, 6.07) is 0. The first-order chi connectivity index (χ1) is 12.3. The van der Waals surface area contributed by atoms with Gasteiger partial charge in [-0.1, -0.05) is 33.1 Å². The van der Waals surface area contributed by atoms with E-state index in [1.165, 1.54) is 6.33 Å². The van der Waals surface area contributed by atoms with Crippen LogP contribution in [0, 0.1) is 5.92 Å². The van der Waals surface area contributed by atoms with Crippen molar-refractivity contribution in [2.24, 2.45) is 11.7 Å². The highest BCUT2D eigenvalue weighted by Gasteiger charge is 2.45. The van der Waals surface area contributed by atoms with Gasteiger partial charge in [0.1, 0.15) is 31.2 Å². The highest BCUT2D eigenvalue weighted by Crippen LogP contribution is 2.29. The Labute approximate surface area is 151 Å². The molecule has 26 heavy (non-hydrogen) atoms. The maximum atomic E-state index is 12.0. The van der Waals surface area contributed by atoms with Gasteiger partial charge in [0.2, 0.25) is 5.82 Å². The molecule has 0 saturated carbocycles. The molecule has 2 heterocycles. The molecule has 4 N–H and O–H groups in total. The van der Waals surface area contributed by atoms with Crippen LogP contribution in [0.3, 0.4) is 0 Å². The van der Waals surface area contributed by atoms with Crippen LogP contribution in [0.1, 0.15) is 56.4 Å². The zero-order chi connectivity index (χ0) is 19.3. The number of esters is 1. The summed E-state index contributed by atoms with van der Waals surface area (Å²) in [5.41, 5.74) is 5.08. The van der Waals surface area contributed by atoms with Crippen molar-refractivity contribution in [3.8, 4) is 0 Å². The van der Waals surface area contributed by atoms with Gasteiger partial charge in [0.15, 0.2) is 6.23 Å². The average molecular weight is 370 g/mol. The minimum atomic E-state index is -1.32. The van der Waals surface area contributed by atoms with E-state index in [4.69, 9.17) is 15.2 Å². The molecule has 2 rings (SSSR count). The number of aliphatic hydroxyl groups is 2. The summed E-state index contributed by atoms with van der Waals surface area (Å²) < 4.78 is 11.8. The average Bonchev–Trinajstić information content (AvgIpc) is 3.20. The summed E-state index contributed by atoms with van der Waals surface area (Å²) in [5, 5.41) is 24.0. The van der Waals surface area contributed by atoms with Gasteiger partial charge in [0.05, 0.1) is 5.92 Å². The van der Waals surface area contributed by atoms with Gasteiger partial charge in [-0.25, -0.2) is 9.67 Å². The van der Waals surface area contributed by atoms with Crippen molar-refractivity contribution in [3.63, 3.8) is 0 Å². The molecular formula is C16H26N4O6. The number of nitrogens with two attached hydrogens (primary N) is 1. The molecule has 146 valence electrons. The first-order valence-electron chi connectivity index (χ1n) is 8.74. The topological polar surface area (TPSA) is 150 Å². The molecule has 1 aromatic heterocycles. The molecule has 0 aromatic carbocycles. The van der Waals surface area contributed by atoms with Gasteiger partial charge in [0.25, 0.3) is 5.91 Å². The molecule has 1 aliphatic heterocycles. The summed E-state index contributed by atoms with van der Waals surface area (Å²) in [6.45, 7) is 3.69. The summed E-state index contributed by atoms with van der Waals surface area (Å²) in [4.78, 5) is 26.8. The number of primary amides is 1. The van der Waals surface area contributed by atoms with Crippen LogP contribution in [0.4, 0.5) is 0 Å². The van der Waals surface area contributed by atoms with Crippen molar-refractivity contribution < 1.29 is 29.3 Å². The zero-order valence-electron chi connectivity index (χ0n) is 14.9. The van der Waals surface area contributed by atoms with Gasteiger partial charge in [-0.05, 0) is 6.42 Å². The maximum absolute atomic E-state index is 12.0. The van der Waals surface area contributed by atoms with E-state index in [1.807, 2.05) is 0 Å². The molecule has 0 spiro atoms. The number of nitrogens with zero attached hydrogens (tertiary/aromatic N) is 3. The van der Waals surface area contributed by atoms with Crippen LogP contribution < -0.4 is 5.73 Å². The number of ether oxygens (including phenoxy) is 2. The fraction of sp³-hybridized carbons (Fsp3) is 0.750. The Hall–Kier alpha value is -2.04. The molecule has 10 heteroatoms. The van der Waals surface area contributed by atoms with E-state index in [-0.39, 0.29) is 24.3 Å². The molecule has 10 nitrogen and oxygen atoms in total. The van der Waals surface area contributed by atoms with E-state index in [1.54, 1.807) is 6.92 Å². The van der Waals surface area contributed by atoms with Crippen LogP contribution in [0.15, 0.2) is 6.33 Å². The summed E-state index contributed by atoms with van der Waals surface area (Å²) in [5.74, 6) is -1.66. The maximum Gasteiger partial charge on any atom is 0.308 e. The van der Waals surface area contributed by atoms with E-state index in [9.17, 15) is 19.8 Å². The Kier molecular flexibility index (Phi) is 7.06. The standard InChI is InChI=1S/C16H26N4O6/c1-3-4-5-6-9(2)16(24)25-7-10-11(21)12(22)15(26-10)20-8-18-14(19-20)13(17)23/h8-12,15,21-22H,3-7H2,1-2H3,(H2,17,23)/t9-,10+,11+,12+,15+/m0/s1. The molecule has 1 aliphatic rings. The second-order valence-electron chi connectivity index (χ2n) is 6.49. The van der Waals surface area contributed by atoms with E-state index < -0.39 is 30.4 Å². The predicted octanol–water partition coefficient (Wildman–Crippen LogP) is -0.244. The molecular weight excluding hydrogens is 344 g/mol. The van der Waals surface area contributed by atoms with Crippen molar-refractivity contribution in [2.75, 3.05) is 6.61 Å². The highest BCUT2D eigenvalue weighted by molar-refractivity contribution is 5.88. The van der Waals surface area contributed by atoms with Crippen LogP contribution in [-0.4, -0.2) is 61.8 Å². The number of aliphatic hydroxyl groups excluding tert-OH is 2. The Morgan fingerprint density at radius 2 is 2.12 bits per heavy atom. The van der Waals surface area contributed by atoms with Gasteiger partial charge >= 0.3 is 5.97 Å². The smallest absolute Gasteiger partial charge is 0.308 e. The van der Waals surface area contributed by atoms with Crippen molar-refractivity contribution in [3.05, 3.63) is 12.2 Å². The Morgan fingerprint density at radius 1 is 1.38 bits per heavy atom. The quantitative estimate of drug-likeness (QED) is 0.398. The number of rotatable bonds is 9. The van der Waals surface area contributed by atoms with Crippen molar-refractivity contribution in [1.82, 2.24) is 14.8 Å². The number of hydrogen-bond acceptors (Lipinski definition) is 8. The lowest BCUT2D eigenvalue weighted by Crippen LogP contribution is -2.35. The molecule has 1 amide bonds. The Balaban J connectivity index is 1.88. The third-order valence-electron chi connectivity index (χ3n) is 4.36. The lowest BCUT2D eigenvalue weighted by molar-refractivity contribution is -0.154. The lowest BCUT2D eigenvalue weighted by Gasteiger charge is -2.16. The van der Waals surface area contributed by atoms with E-state index in [2.05, 4.69) is 17.0 Å². The minimum Gasteiger partial charge on any atom is -0.463 e. The number of amides is 1. The van der Waals surface area contributed by atoms with E-state index >= 15 is 0 Å². The largest absolute Gasteiger partial charge is 0.463 e. The van der Waals surface area contributed by atoms with Gasteiger partial charge in [-0.15, -0.1) is 5.10 Å². The zero-order valence-corrected chi connectivity index (χ0v) is 14.9. The van der Waals surface area contributed by atoms with Crippen molar-refractivity contribution in [2.45, 2.75) is 64.1 Å². The summed E-state index contributed by atoms with van der Waals surface area (Å²) in [6.07, 6.45) is 0.423. The Bertz CT molecular complexity index is 622. The molecule has 1 fully saturated rings. The highest BCUT2D eigenvalue weighted by atomic mass is 16.6. The Morgan fingerprint density at radius 3 is 2.73 bits per heavy atom. The fourth-order valence-corrected chi connectivity index (χ4v) is 2.72. The molecule has 0 radical (unpaired) electrons. The number of aromatic nitrogens is 3. The summed E-state index contributed by atoms with van der Waals surface area (Å²) >= 11 is 0. The second-order valence-corrected chi connectivity index (χ2v) is 6.49. The van der Waals surface area contributed by atoms with Crippen molar-refractivity contribution >= 4 is 11.9 Å². The third kappa shape index (κ3) is 4.77. The SMILES string of the molecule is CCCCC[C@H](C)C(=O)OC[C@H]1O[C@@H](n2cnc(C(N)=O)n2)[C@H](O)[C@@H]1O. The first-order valence-corrected chi connectivity index (χ1v) is 8.74. The van der Waals surface area contributed by atoms with Crippen LogP contribution in [-0.2, 0) is 14.3 Å². The summed E-state index contributed by atoms with van der Waals surface area (Å²) in [7, 11) is 0. The van der Waals surface area contributed by atoms with E-state index in [0.717, 1.165) is 30.4 Å². The normalized spacial score (nSPS) is 26.6. The molecule has 0 aliphatic carbocycles. The van der Waals surface area contributed by atoms with Gasteiger partial charge in [-0.3, -0.25) is 9.59 Å². The fourth-order valence-electron chi connectivity index (χ4n) is 2.72. The van der Waals surface area contributed by atoms with Crippen molar-refractivity contribution in [1.29, 1.82) is 0 Å². The lowest BCUT2D eigenvalue weighted by atomic mass is 10.0. The molecule has 1 saturated heterocycles. The first kappa shape index (κ1) is 20.3. The monoisotopic (exact) mass is 370 g/mol. The van der Waals surface area contributed by atoms with E-state index in [0.29, 0.717) is 0 Å². The third-order valence-corrected chi connectivity index (χ3v) is 4.36. The number of hydrogen-bond donors (Lipinski definition) is 3.